The molecule has 2 heteroatoms. The number of quaternary nitrogens is 1. The lowest BCUT2D eigenvalue weighted by atomic mass is 9.84. The first-order valence-corrected chi connectivity index (χ1v) is 9.72. The van der Waals surface area contributed by atoms with Crippen molar-refractivity contribution in [2.24, 2.45) is 0 Å². The summed E-state index contributed by atoms with van der Waals surface area (Å²) < 4.78 is 1.12. The molecule has 0 unspecified atom stereocenters. The fraction of sp³-hybridized carbons (Fsp3) is 0.500. The van der Waals surface area contributed by atoms with Gasteiger partial charge in [0, 0.05) is 12.3 Å². The summed E-state index contributed by atoms with van der Waals surface area (Å²) in [5.41, 5.74) is 5.69. The Balaban J connectivity index is 0.00000338. The molecule has 0 aliphatic heterocycles. The van der Waals surface area contributed by atoms with Gasteiger partial charge in [0.05, 0.1) is 25.7 Å². The minimum absolute atomic E-state index is 0. The van der Waals surface area contributed by atoms with Gasteiger partial charge in [-0.3, -0.25) is 0 Å². The van der Waals surface area contributed by atoms with Crippen LogP contribution in [0.25, 0.3) is 0 Å². The summed E-state index contributed by atoms with van der Waals surface area (Å²) in [6.45, 7) is 15.1. The lowest BCUT2D eigenvalue weighted by Gasteiger charge is -2.43. The number of benzene rings is 2. The lowest BCUT2D eigenvalue weighted by molar-refractivity contribution is -0.949. The van der Waals surface area contributed by atoms with Crippen LogP contribution in [0.15, 0.2) is 48.5 Å². The van der Waals surface area contributed by atoms with E-state index in [0.717, 1.165) is 4.48 Å². The van der Waals surface area contributed by atoms with Gasteiger partial charge in [-0.15, -0.1) is 0 Å². The first-order valence-electron chi connectivity index (χ1n) is 9.72. The summed E-state index contributed by atoms with van der Waals surface area (Å²) in [4.78, 5) is 0. The molecule has 1 atom stereocenters. The van der Waals surface area contributed by atoms with Crippen LogP contribution in [0, 0.1) is 13.8 Å². The van der Waals surface area contributed by atoms with Gasteiger partial charge in [0.2, 0.25) is 0 Å². The first-order chi connectivity index (χ1) is 11.8. The van der Waals surface area contributed by atoms with Crippen molar-refractivity contribution in [1.29, 1.82) is 0 Å². The SMILES string of the molecule is Cc1ccc(C)c([C@H](CC[N+](C)(C(C)C)C(C)C)c2ccccc2)c1.[Br-]. The van der Waals surface area contributed by atoms with Crippen LogP contribution in [0.1, 0.15) is 62.3 Å². The smallest absolute Gasteiger partial charge is 0.0833 e. The van der Waals surface area contributed by atoms with E-state index in [-0.39, 0.29) is 17.0 Å². The van der Waals surface area contributed by atoms with Crippen molar-refractivity contribution in [2.75, 3.05) is 13.6 Å². The second-order valence-corrected chi connectivity index (χ2v) is 8.37. The predicted octanol–water partition coefficient (Wildman–Crippen LogP) is 3.09. The van der Waals surface area contributed by atoms with E-state index >= 15 is 0 Å². The van der Waals surface area contributed by atoms with Crippen molar-refractivity contribution < 1.29 is 21.5 Å². The van der Waals surface area contributed by atoms with Crippen molar-refractivity contribution in [3.63, 3.8) is 0 Å². The van der Waals surface area contributed by atoms with Gasteiger partial charge in [0.1, 0.15) is 0 Å². The Morgan fingerprint density at radius 3 is 1.96 bits per heavy atom. The number of hydrogen-bond donors (Lipinski definition) is 0. The van der Waals surface area contributed by atoms with Crippen molar-refractivity contribution in [1.82, 2.24) is 0 Å². The third-order valence-corrected chi connectivity index (χ3v) is 6.27. The topological polar surface area (TPSA) is 0 Å². The molecule has 0 aliphatic rings. The van der Waals surface area contributed by atoms with Gasteiger partial charge in [-0.25, -0.2) is 0 Å². The third-order valence-electron chi connectivity index (χ3n) is 6.27. The van der Waals surface area contributed by atoms with Gasteiger partial charge in [-0.2, -0.15) is 0 Å². The van der Waals surface area contributed by atoms with Gasteiger partial charge >= 0.3 is 0 Å². The summed E-state index contributed by atoms with van der Waals surface area (Å²) in [6.07, 6.45) is 1.18. The summed E-state index contributed by atoms with van der Waals surface area (Å²) >= 11 is 0. The maximum Gasteiger partial charge on any atom is 0.0833 e. The monoisotopic (exact) mass is 417 g/mol. The Hall–Kier alpha value is -1.12. The number of halogens is 1. The van der Waals surface area contributed by atoms with E-state index in [9.17, 15) is 0 Å². The quantitative estimate of drug-likeness (QED) is 0.607. The highest BCUT2D eigenvalue weighted by Crippen LogP contribution is 2.33. The highest BCUT2D eigenvalue weighted by molar-refractivity contribution is 5.39. The third kappa shape index (κ3) is 5.20. The number of aryl methyl sites for hydroxylation is 2. The zero-order chi connectivity index (χ0) is 18.6. The van der Waals surface area contributed by atoms with Crippen LogP contribution in [0.2, 0.25) is 0 Å². The van der Waals surface area contributed by atoms with E-state index in [2.05, 4.69) is 97.1 Å². The molecule has 0 aliphatic carbocycles. The van der Waals surface area contributed by atoms with Crippen LogP contribution in [-0.2, 0) is 0 Å². The van der Waals surface area contributed by atoms with Crippen molar-refractivity contribution in [3.05, 3.63) is 70.8 Å². The molecule has 0 fully saturated rings. The van der Waals surface area contributed by atoms with E-state index in [4.69, 9.17) is 0 Å². The minimum Gasteiger partial charge on any atom is -1.00 e. The maximum atomic E-state index is 2.42. The molecule has 26 heavy (non-hydrogen) atoms. The number of rotatable bonds is 7. The van der Waals surface area contributed by atoms with Crippen LogP contribution in [0.4, 0.5) is 0 Å². The van der Waals surface area contributed by atoms with Crippen LogP contribution >= 0.6 is 0 Å². The predicted molar refractivity (Wildman–Crippen MR) is 110 cm³/mol. The molecule has 0 heterocycles. The van der Waals surface area contributed by atoms with Gasteiger partial charge in [-0.05, 0) is 58.2 Å². The largest absolute Gasteiger partial charge is 1.00 e. The summed E-state index contributed by atoms with van der Waals surface area (Å²) in [7, 11) is 2.42. The van der Waals surface area contributed by atoms with Crippen molar-refractivity contribution in [3.8, 4) is 0 Å². The summed E-state index contributed by atoms with van der Waals surface area (Å²) in [5, 5.41) is 0. The summed E-state index contributed by atoms with van der Waals surface area (Å²) in [6, 6.07) is 19.2. The molecular formula is C24H36BrN. The molecule has 0 amide bonds. The first kappa shape index (κ1) is 22.9. The molecule has 0 N–H and O–H groups in total. The zero-order valence-electron chi connectivity index (χ0n) is 17.6. The fourth-order valence-corrected chi connectivity index (χ4v) is 3.84. The highest BCUT2D eigenvalue weighted by atomic mass is 79.9. The lowest BCUT2D eigenvalue weighted by Crippen LogP contribution is -3.00. The molecule has 0 radical (unpaired) electrons. The highest BCUT2D eigenvalue weighted by Gasteiger charge is 2.31. The minimum atomic E-state index is 0. The van der Waals surface area contributed by atoms with Gasteiger partial charge in [-0.1, -0.05) is 54.1 Å². The van der Waals surface area contributed by atoms with Gasteiger partial charge in [0.25, 0.3) is 0 Å². The molecular weight excluding hydrogens is 382 g/mol. The molecule has 0 saturated heterocycles. The van der Waals surface area contributed by atoms with E-state index in [1.165, 1.54) is 35.2 Å². The standard InChI is InChI=1S/C24H36N.BrH/c1-18(2)25(7,19(3)4)16-15-23(22-11-9-8-10-12-22)24-17-20(5)13-14-21(24)6;/h8-14,17-19,23H,15-16H2,1-7H3;1H/q+1;/p-1/t23-;/m1./s1. The Morgan fingerprint density at radius 2 is 1.42 bits per heavy atom. The Labute approximate surface area is 171 Å². The average molecular weight is 418 g/mol. The zero-order valence-corrected chi connectivity index (χ0v) is 19.2. The van der Waals surface area contributed by atoms with Crippen molar-refractivity contribution in [2.45, 2.75) is 66.0 Å². The van der Waals surface area contributed by atoms with Crippen LogP contribution in [-0.4, -0.2) is 30.2 Å². The second-order valence-electron chi connectivity index (χ2n) is 8.37. The number of nitrogens with zero attached hydrogens (tertiary/aromatic N) is 1. The second kappa shape index (κ2) is 9.71. The maximum absolute atomic E-state index is 2.42. The molecule has 2 aromatic carbocycles. The number of hydrogen-bond acceptors (Lipinski definition) is 0. The van der Waals surface area contributed by atoms with E-state index in [1.807, 2.05) is 0 Å². The molecule has 2 rings (SSSR count). The van der Waals surface area contributed by atoms with Crippen LogP contribution < -0.4 is 17.0 Å². The van der Waals surface area contributed by atoms with Gasteiger partial charge in [0.15, 0.2) is 0 Å². The van der Waals surface area contributed by atoms with E-state index < -0.39 is 0 Å². The summed E-state index contributed by atoms with van der Waals surface area (Å²) in [5.74, 6) is 0.469. The molecule has 2 aromatic rings. The van der Waals surface area contributed by atoms with Crippen LogP contribution in [0.3, 0.4) is 0 Å². The molecule has 0 spiro atoms. The molecule has 1 nitrogen and oxygen atoms in total. The Bertz CT molecular complexity index is 668. The van der Waals surface area contributed by atoms with Crippen molar-refractivity contribution >= 4 is 0 Å². The average Bonchev–Trinajstić information content (AvgIpc) is 2.58. The van der Waals surface area contributed by atoms with E-state index in [1.54, 1.807) is 0 Å². The normalized spacial score (nSPS) is 13.0. The van der Waals surface area contributed by atoms with E-state index in [0.29, 0.717) is 18.0 Å². The molecule has 0 aromatic heterocycles. The Morgan fingerprint density at radius 1 is 0.846 bits per heavy atom. The van der Waals surface area contributed by atoms with Gasteiger partial charge < -0.3 is 21.5 Å². The fourth-order valence-electron chi connectivity index (χ4n) is 3.84. The Kier molecular flexibility index (Phi) is 8.56. The molecule has 144 valence electrons. The molecule has 0 saturated carbocycles. The van der Waals surface area contributed by atoms with Crippen LogP contribution in [0.5, 0.6) is 0 Å². The molecule has 0 bridgehead atoms.